The number of nitrogens with zero attached hydrogens (tertiary/aromatic N) is 3. The molecule has 3 aromatic rings. The lowest BCUT2D eigenvalue weighted by Gasteiger charge is -2.41. The second kappa shape index (κ2) is 8.65. The molecular formula is C28H29N3O4. The van der Waals surface area contributed by atoms with Crippen molar-refractivity contribution >= 4 is 0 Å². The Labute approximate surface area is 205 Å². The maximum absolute atomic E-state index is 12.7. The summed E-state index contributed by atoms with van der Waals surface area (Å²) in [6, 6.07) is 19.1. The summed E-state index contributed by atoms with van der Waals surface area (Å²) in [6.45, 7) is 3.40. The number of benzene rings is 2. The highest BCUT2D eigenvalue weighted by Gasteiger charge is 2.76. The van der Waals surface area contributed by atoms with Crippen LogP contribution >= 0.6 is 0 Å². The average molecular weight is 472 g/mol. The van der Waals surface area contributed by atoms with Gasteiger partial charge in [-0.25, -0.2) is 0 Å². The highest BCUT2D eigenvalue weighted by atomic mass is 16.5. The standard InChI is InChI=1S/C28H29N3O4/c1-4-31(2)17-21-24(19-8-6-5-7-9-19)28(20-12-10-18(14-29)11-13-20)27(33,26(21)32)25-22(34-3)15-30-16-23(25)35-28/h5-13,15-16,21,24,26,32-33H,4,17H2,1-3H3/t21-,24-,26-,27+,28?/m1/s1. The van der Waals surface area contributed by atoms with E-state index in [2.05, 4.69) is 22.9 Å². The van der Waals surface area contributed by atoms with Crippen molar-refractivity contribution in [3.63, 3.8) is 0 Å². The van der Waals surface area contributed by atoms with Crippen molar-refractivity contribution in [3.05, 3.63) is 89.2 Å². The number of aliphatic hydroxyl groups excluding tert-OH is 1. The van der Waals surface area contributed by atoms with Crippen LogP contribution in [0.2, 0.25) is 0 Å². The normalized spacial score (nSPS) is 28.8. The first-order valence-electron chi connectivity index (χ1n) is 11.8. The Balaban J connectivity index is 1.84. The Morgan fingerprint density at radius 3 is 2.49 bits per heavy atom. The molecule has 0 radical (unpaired) electrons. The van der Waals surface area contributed by atoms with Crippen molar-refractivity contribution in [2.45, 2.75) is 30.1 Å². The lowest BCUT2D eigenvalue weighted by Crippen LogP contribution is -2.52. The third-order valence-corrected chi connectivity index (χ3v) is 7.68. The van der Waals surface area contributed by atoms with Crippen LogP contribution in [-0.4, -0.2) is 53.4 Å². The molecule has 1 saturated carbocycles. The number of ether oxygens (including phenoxy) is 2. The van der Waals surface area contributed by atoms with Crippen LogP contribution in [0.15, 0.2) is 67.0 Å². The fraction of sp³-hybridized carbons (Fsp3) is 0.357. The summed E-state index contributed by atoms with van der Waals surface area (Å²) in [6.07, 6.45) is 1.92. The summed E-state index contributed by atoms with van der Waals surface area (Å²) in [5.74, 6) is -0.0499. The van der Waals surface area contributed by atoms with E-state index in [1.165, 1.54) is 13.3 Å². The average Bonchev–Trinajstić information content (AvgIpc) is 3.27. The van der Waals surface area contributed by atoms with Crippen LogP contribution in [-0.2, 0) is 11.2 Å². The second-order valence-electron chi connectivity index (χ2n) is 9.36. The first-order chi connectivity index (χ1) is 16.9. The Morgan fingerprint density at radius 1 is 1.14 bits per heavy atom. The minimum atomic E-state index is -1.83. The molecular weight excluding hydrogens is 442 g/mol. The number of methoxy groups -OCH3 is 1. The predicted molar refractivity (Wildman–Crippen MR) is 130 cm³/mol. The molecule has 7 heteroatoms. The number of aromatic nitrogens is 1. The molecule has 2 aliphatic rings. The van der Waals surface area contributed by atoms with Gasteiger partial charge in [-0.2, -0.15) is 5.26 Å². The van der Waals surface area contributed by atoms with Gasteiger partial charge in [0.1, 0.15) is 11.5 Å². The van der Waals surface area contributed by atoms with E-state index in [-0.39, 0.29) is 5.92 Å². The fourth-order valence-corrected chi connectivity index (χ4v) is 6.02. The van der Waals surface area contributed by atoms with E-state index in [9.17, 15) is 15.5 Å². The van der Waals surface area contributed by atoms with E-state index in [0.717, 1.165) is 12.1 Å². The van der Waals surface area contributed by atoms with Gasteiger partial charge >= 0.3 is 0 Å². The van der Waals surface area contributed by atoms with Gasteiger partial charge in [-0.1, -0.05) is 49.4 Å². The van der Waals surface area contributed by atoms with Crippen LogP contribution in [0, 0.1) is 17.2 Å². The molecule has 7 nitrogen and oxygen atoms in total. The molecule has 0 saturated heterocycles. The maximum Gasteiger partial charge on any atom is 0.177 e. The molecule has 5 atom stereocenters. The van der Waals surface area contributed by atoms with Crippen LogP contribution in [0.3, 0.4) is 0 Å². The Kier molecular flexibility index (Phi) is 5.76. The van der Waals surface area contributed by atoms with Gasteiger partial charge in [-0.05, 0) is 36.9 Å². The summed E-state index contributed by atoms with van der Waals surface area (Å²) < 4.78 is 12.4. The summed E-state index contributed by atoms with van der Waals surface area (Å²) in [5, 5.41) is 34.1. The maximum atomic E-state index is 12.7. The number of hydrogen-bond donors (Lipinski definition) is 2. The minimum Gasteiger partial charge on any atom is -0.495 e. The lowest BCUT2D eigenvalue weighted by molar-refractivity contribution is -0.152. The highest BCUT2D eigenvalue weighted by Crippen LogP contribution is 2.69. The van der Waals surface area contributed by atoms with Gasteiger partial charge in [-0.3, -0.25) is 4.98 Å². The van der Waals surface area contributed by atoms with Gasteiger partial charge in [0.05, 0.1) is 42.8 Å². The van der Waals surface area contributed by atoms with Crippen LogP contribution < -0.4 is 9.47 Å². The summed E-state index contributed by atoms with van der Waals surface area (Å²) in [7, 11) is 3.52. The summed E-state index contributed by atoms with van der Waals surface area (Å²) in [4.78, 5) is 6.38. The number of nitriles is 1. The number of pyridine rings is 1. The third kappa shape index (κ3) is 3.18. The van der Waals surface area contributed by atoms with Crippen molar-refractivity contribution < 1.29 is 19.7 Å². The van der Waals surface area contributed by atoms with Crippen molar-refractivity contribution in [1.29, 1.82) is 5.26 Å². The van der Waals surface area contributed by atoms with Crippen LogP contribution in [0.4, 0.5) is 0 Å². The van der Waals surface area contributed by atoms with Crippen molar-refractivity contribution in [2.24, 2.45) is 5.92 Å². The third-order valence-electron chi connectivity index (χ3n) is 7.68. The molecule has 35 heavy (non-hydrogen) atoms. The van der Waals surface area contributed by atoms with Gasteiger partial charge in [0.15, 0.2) is 11.2 Å². The lowest BCUT2D eigenvalue weighted by atomic mass is 9.70. The fourth-order valence-electron chi connectivity index (χ4n) is 6.02. The zero-order valence-corrected chi connectivity index (χ0v) is 20.0. The Morgan fingerprint density at radius 2 is 1.86 bits per heavy atom. The molecule has 2 N–H and O–H groups in total. The van der Waals surface area contributed by atoms with E-state index < -0.39 is 23.2 Å². The van der Waals surface area contributed by atoms with Crippen molar-refractivity contribution in [1.82, 2.24) is 9.88 Å². The van der Waals surface area contributed by atoms with E-state index in [1.54, 1.807) is 18.3 Å². The first kappa shape index (κ1) is 23.3. The van der Waals surface area contributed by atoms with Crippen molar-refractivity contribution in [3.8, 4) is 17.6 Å². The molecule has 0 amide bonds. The minimum absolute atomic E-state index is 0.357. The van der Waals surface area contributed by atoms with Crippen LogP contribution in [0.5, 0.6) is 11.5 Å². The monoisotopic (exact) mass is 471 g/mol. The summed E-state index contributed by atoms with van der Waals surface area (Å²) >= 11 is 0. The Hall–Kier alpha value is -3.44. The van der Waals surface area contributed by atoms with Gasteiger partial charge in [0, 0.05) is 18.4 Å². The number of rotatable bonds is 6. The van der Waals surface area contributed by atoms with Crippen LogP contribution in [0.25, 0.3) is 0 Å². The number of hydrogen-bond acceptors (Lipinski definition) is 7. The molecule has 2 heterocycles. The summed E-state index contributed by atoms with van der Waals surface area (Å²) in [5.41, 5.74) is -0.688. The topological polar surface area (TPSA) is 98.8 Å². The number of aliphatic hydroxyl groups is 2. The van der Waals surface area contributed by atoms with Gasteiger partial charge in [0.25, 0.3) is 0 Å². The van der Waals surface area contributed by atoms with Gasteiger partial charge < -0.3 is 24.6 Å². The zero-order chi connectivity index (χ0) is 24.8. The van der Waals surface area contributed by atoms with E-state index in [0.29, 0.717) is 34.7 Å². The molecule has 180 valence electrons. The van der Waals surface area contributed by atoms with E-state index in [4.69, 9.17) is 9.47 Å². The predicted octanol–water partition coefficient (Wildman–Crippen LogP) is 3.16. The molecule has 0 spiro atoms. The number of fused-ring (bicyclic) bond motifs is 3. The molecule has 1 aliphatic heterocycles. The van der Waals surface area contributed by atoms with Crippen molar-refractivity contribution in [2.75, 3.05) is 27.2 Å². The zero-order valence-electron chi connectivity index (χ0n) is 20.0. The molecule has 1 unspecified atom stereocenters. The van der Waals surface area contributed by atoms with E-state index in [1.807, 2.05) is 49.5 Å². The second-order valence-corrected chi connectivity index (χ2v) is 9.36. The largest absolute Gasteiger partial charge is 0.495 e. The quantitative estimate of drug-likeness (QED) is 0.570. The molecule has 1 aromatic heterocycles. The molecule has 1 fully saturated rings. The molecule has 1 aliphatic carbocycles. The van der Waals surface area contributed by atoms with E-state index >= 15 is 0 Å². The highest BCUT2D eigenvalue weighted by molar-refractivity contribution is 5.59. The van der Waals surface area contributed by atoms with Gasteiger partial charge in [0.2, 0.25) is 0 Å². The molecule has 0 bridgehead atoms. The smallest absolute Gasteiger partial charge is 0.177 e. The SMILES string of the molecule is CCN(C)C[C@@H]1[C@@H](c2ccccc2)C2(c3ccc(C#N)cc3)Oc3cncc(OC)c3[C@]2(O)[C@@H]1O. The van der Waals surface area contributed by atoms with Crippen LogP contribution in [0.1, 0.15) is 35.1 Å². The first-order valence-corrected chi connectivity index (χ1v) is 11.8. The molecule has 2 aromatic carbocycles. The Bertz CT molecular complexity index is 1260. The molecule has 5 rings (SSSR count). The van der Waals surface area contributed by atoms with Gasteiger partial charge in [-0.15, -0.1) is 0 Å².